The van der Waals surface area contributed by atoms with Gasteiger partial charge in [0.05, 0.1) is 45.5 Å². The topological polar surface area (TPSA) is 141 Å². The van der Waals surface area contributed by atoms with Crippen LogP contribution in [0.4, 0.5) is 0 Å². The first-order valence-corrected chi connectivity index (χ1v) is 10.9. The fraction of sp³-hybridized carbons (Fsp3) is 0.583. The molecule has 1 saturated carbocycles. The number of methoxy groups -OCH3 is 3. The summed E-state index contributed by atoms with van der Waals surface area (Å²) < 4.78 is 28.9. The maximum atomic E-state index is 10.5. The zero-order chi connectivity index (χ0) is 24.0. The molecule has 5 unspecified atom stereocenters. The van der Waals surface area contributed by atoms with Gasteiger partial charge < -0.3 is 23.7 Å². The Kier molecular flexibility index (Phi) is 5.39. The Bertz CT molecular complexity index is 1100. The molecule has 1 aliphatic carbocycles. The zero-order valence-corrected chi connectivity index (χ0v) is 19.1. The summed E-state index contributed by atoms with van der Waals surface area (Å²) in [5.41, 5.74) is -3.48. The third-order valence-electron chi connectivity index (χ3n) is 7.61. The number of rotatable bonds is 5. The second kappa shape index (κ2) is 7.83. The van der Waals surface area contributed by atoms with Crippen LogP contribution in [0.25, 0.3) is 0 Å². The molecule has 1 aromatic carbocycles. The average molecular weight is 450 g/mol. The van der Waals surface area contributed by atoms with Gasteiger partial charge in [0.1, 0.15) is 11.9 Å². The van der Waals surface area contributed by atoms with Gasteiger partial charge in [-0.2, -0.15) is 15.8 Å². The Morgan fingerprint density at radius 1 is 1.03 bits per heavy atom. The first-order valence-electron chi connectivity index (χ1n) is 10.9. The number of hydrogen-bond donors (Lipinski definition) is 1. The van der Waals surface area contributed by atoms with E-state index >= 15 is 0 Å². The lowest BCUT2D eigenvalue weighted by Crippen LogP contribution is -2.61. The highest BCUT2D eigenvalue weighted by molar-refractivity contribution is 5.89. The highest BCUT2D eigenvalue weighted by atomic mass is 16.7. The molecule has 9 heteroatoms. The van der Waals surface area contributed by atoms with Crippen molar-refractivity contribution in [2.24, 2.45) is 22.7 Å². The Morgan fingerprint density at radius 3 is 2.21 bits per heavy atom. The van der Waals surface area contributed by atoms with Gasteiger partial charge in [0, 0.05) is 18.1 Å². The second-order valence-electron chi connectivity index (χ2n) is 8.74. The maximum absolute atomic E-state index is 10.5. The molecule has 1 N–H and O–H groups in total. The lowest BCUT2D eigenvalue weighted by atomic mass is 9.50. The molecule has 172 valence electrons. The summed E-state index contributed by atoms with van der Waals surface area (Å²) in [5.74, 6) is -0.904. The van der Waals surface area contributed by atoms with E-state index in [1.54, 1.807) is 12.1 Å². The second-order valence-corrected chi connectivity index (χ2v) is 8.74. The molecule has 2 saturated heterocycles. The molecule has 2 aliphatic heterocycles. The predicted octanol–water partition coefficient (Wildman–Crippen LogP) is 3.86. The van der Waals surface area contributed by atoms with Crippen molar-refractivity contribution in [1.29, 1.82) is 21.2 Å². The normalized spacial score (nSPS) is 33.5. The molecule has 0 spiro atoms. The Balaban J connectivity index is 2.00. The van der Waals surface area contributed by atoms with Crippen LogP contribution in [0, 0.1) is 62.1 Å². The lowest BCUT2D eigenvalue weighted by Gasteiger charge is -2.52. The molecular weight excluding hydrogens is 424 g/mol. The minimum absolute atomic E-state index is 0.288. The van der Waals surface area contributed by atoms with Gasteiger partial charge in [0.25, 0.3) is 0 Å². The van der Waals surface area contributed by atoms with Crippen LogP contribution < -0.4 is 14.2 Å². The summed E-state index contributed by atoms with van der Waals surface area (Å²) in [5, 5.41) is 40.1. The highest BCUT2D eigenvalue weighted by Crippen LogP contribution is 2.70. The minimum atomic E-state index is -2.05. The molecule has 0 amide bonds. The van der Waals surface area contributed by atoms with Crippen LogP contribution in [0.15, 0.2) is 12.1 Å². The minimum Gasteiger partial charge on any atom is -0.496 e. The highest BCUT2D eigenvalue weighted by Gasteiger charge is 2.81. The van der Waals surface area contributed by atoms with E-state index in [0.29, 0.717) is 35.7 Å². The number of nitrogens with zero attached hydrogens (tertiary/aromatic N) is 3. The van der Waals surface area contributed by atoms with Gasteiger partial charge in [-0.05, 0) is 24.8 Å². The number of nitriles is 3. The van der Waals surface area contributed by atoms with E-state index in [0.717, 1.165) is 12.8 Å². The summed E-state index contributed by atoms with van der Waals surface area (Å²) in [6, 6.07) is 9.56. The quantitative estimate of drug-likeness (QED) is 0.713. The molecule has 33 heavy (non-hydrogen) atoms. The van der Waals surface area contributed by atoms with E-state index in [9.17, 15) is 15.8 Å². The summed E-state index contributed by atoms with van der Waals surface area (Å²) in [4.78, 5) is 0. The molecule has 3 aliphatic rings. The summed E-state index contributed by atoms with van der Waals surface area (Å²) in [6.07, 6.45) is 1.46. The summed E-state index contributed by atoms with van der Waals surface area (Å²) in [7, 11) is 4.41. The van der Waals surface area contributed by atoms with Gasteiger partial charge in [-0.1, -0.05) is 13.3 Å². The Hall–Kier alpha value is -3.48. The van der Waals surface area contributed by atoms with Crippen LogP contribution in [-0.2, 0) is 9.47 Å². The third-order valence-corrected chi connectivity index (χ3v) is 7.61. The average Bonchev–Trinajstić information content (AvgIpc) is 3.06. The van der Waals surface area contributed by atoms with Gasteiger partial charge in [0.2, 0.25) is 17.1 Å². The maximum Gasteiger partial charge on any atom is 0.217 e. The van der Waals surface area contributed by atoms with Crippen LogP contribution in [0.3, 0.4) is 0 Å². The lowest BCUT2D eigenvalue weighted by molar-refractivity contribution is -0.299. The van der Waals surface area contributed by atoms with E-state index in [-0.39, 0.29) is 11.8 Å². The van der Waals surface area contributed by atoms with Gasteiger partial charge >= 0.3 is 0 Å². The van der Waals surface area contributed by atoms with Crippen LogP contribution >= 0.6 is 0 Å². The SMILES string of the molecule is CCC1CCC23OC(=N)C(C#N)(C2C1)C(C#N)(C#N)C(c1cc(OC)c(OC)cc1OC)O3. The van der Waals surface area contributed by atoms with Crippen LogP contribution in [-0.4, -0.2) is 33.0 Å². The molecule has 2 bridgehead atoms. The van der Waals surface area contributed by atoms with E-state index < -0.39 is 28.6 Å². The van der Waals surface area contributed by atoms with Crippen LogP contribution in [0.2, 0.25) is 0 Å². The predicted molar refractivity (Wildman–Crippen MR) is 114 cm³/mol. The van der Waals surface area contributed by atoms with Crippen molar-refractivity contribution in [3.8, 4) is 35.5 Å². The van der Waals surface area contributed by atoms with Gasteiger partial charge in [0.15, 0.2) is 16.9 Å². The van der Waals surface area contributed by atoms with E-state index in [1.807, 2.05) is 0 Å². The molecule has 5 atom stereocenters. The summed E-state index contributed by atoms with van der Waals surface area (Å²) in [6.45, 7) is 2.07. The fourth-order valence-corrected chi connectivity index (χ4v) is 5.82. The van der Waals surface area contributed by atoms with Gasteiger partial charge in [-0.3, -0.25) is 5.41 Å². The molecule has 0 aromatic heterocycles. The van der Waals surface area contributed by atoms with Crippen molar-refractivity contribution in [2.75, 3.05) is 21.3 Å². The van der Waals surface area contributed by atoms with Crippen molar-refractivity contribution < 1.29 is 23.7 Å². The molecule has 4 rings (SSSR count). The molecule has 2 heterocycles. The van der Waals surface area contributed by atoms with Crippen molar-refractivity contribution in [3.05, 3.63) is 17.7 Å². The Labute approximate surface area is 192 Å². The fourth-order valence-electron chi connectivity index (χ4n) is 5.82. The van der Waals surface area contributed by atoms with Crippen LogP contribution in [0.5, 0.6) is 17.2 Å². The molecule has 0 radical (unpaired) electrons. The number of benzene rings is 1. The molecule has 3 fully saturated rings. The van der Waals surface area contributed by atoms with Crippen molar-refractivity contribution in [3.63, 3.8) is 0 Å². The zero-order valence-electron chi connectivity index (χ0n) is 19.1. The van der Waals surface area contributed by atoms with Gasteiger partial charge in [-0.15, -0.1) is 0 Å². The van der Waals surface area contributed by atoms with E-state index in [4.69, 9.17) is 29.1 Å². The molecule has 1 aromatic rings. The van der Waals surface area contributed by atoms with Gasteiger partial charge in [-0.25, -0.2) is 0 Å². The smallest absolute Gasteiger partial charge is 0.217 e. The van der Waals surface area contributed by atoms with E-state index in [1.165, 1.54) is 21.3 Å². The first-order chi connectivity index (χ1) is 15.9. The third kappa shape index (κ3) is 2.68. The monoisotopic (exact) mass is 450 g/mol. The Morgan fingerprint density at radius 2 is 1.67 bits per heavy atom. The first kappa shape index (κ1) is 22.7. The van der Waals surface area contributed by atoms with Crippen molar-refractivity contribution in [1.82, 2.24) is 0 Å². The van der Waals surface area contributed by atoms with Crippen molar-refractivity contribution in [2.45, 2.75) is 44.5 Å². The van der Waals surface area contributed by atoms with Crippen LogP contribution in [0.1, 0.15) is 44.3 Å². The number of ether oxygens (including phenoxy) is 5. The van der Waals surface area contributed by atoms with E-state index in [2.05, 4.69) is 25.1 Å². The summed E-state index contributed by atoms with van der Waals surface area (Å²) >= 11 is 0. The largest absolute Gasteiger partial charge is 0.496 e. The number of hydrogen-bond acceptors (Lipinski definition) is 9. The standard InChI is InChI=1S/C24H26N4O5/c1-5-14-6-7-24-19(8-14)23(13-27,21(28)33-24)22(11-25,12-26)20(32-24)15-9-17(30-3)18(31-4)10-16(15)29-2/h9-10,14,19-20,28H,5-8H2,1-4H3. The van der Waals surface area contributed by atoms with Crippen molar-refractivity contribution >= 4 is 5.90 Å². The molecule has 9 nitrogen and oxygen atoms in total. The number of nitrogens with one attached hydrogen (secondary N) is 1. The molecular formula is C24H26N4O5.